The number of nitrogens with zero attached hydrogens (tertiary/aromatic N) is 1. The Hall–Kier alpha value is -0.330. The maximum absolute atomic E-state index is 12.0. The maximum atomic E-state index is 12.0. The van der Waals surface area contributed by atoms with E-state index in [2.05, 4.69) is 5.32 Å². The van der Waals surface area contributed by atoms with E-state index >= 15 is 0 Å². The van der Waals surface area contributed by atoms with Crippen molar-refractivity contribution in [3.05, 3.63) is 0 Å². The van der Waals surface area contributed by atoms with E-state index < -0.39 is 12.7 Å². The zero-order valence-electron chi connectivity index (χ0n) is 8.72. The minimum absolute atomic E-state index is 0.126. The largest absolute Gasteiger partial charge is 0.401 e. The Kier molecular flexibility index (Phi) is 4.36. The first-order chi connectivity index (χ1) is 6.90. The molecule has 1 fully saturated rings. The highest BCUT2D eigenvalue weighted by molar-refractivity contribution is 4.85. The number of aliphatic hydroxyl groups excluding tert-OH is 1. The second-order valence-electron chi connectivity index (χ2n) is 4.13. The van der Waals surface area contributed by atoms with Crippen molar-refractivity contribution in [3.63, 3.8) is 0 Å². The molecule has 0 aromatic carbocycles. The summed E-state index contributed by atoms with van der Waals surface area (Å²) in [5, 5.41) is 12.1. The summed E-state index contributed by atoms with van der Waals surface area (Å²) < 4.78 is 36.0. The number of aliphatic hydroxyl groups is 1. The smallest absolute Gasteiger partial charge is 0.395 e. The summed E-state index contributed by atoms with van der Waals surface area (Å²) in [5.41, 5.74) is 0. The van der Waals surface area contributed by atoms with Crippen molar-refractivity contribution in [2.75, 3.05) is 26.7 Å². The van der Waals surface area contributed by atoms with Gasteiger partial charge in [-0.1, -0.05) is 0 Å². The van der Waals surface area contributed by atoms with E-state index in [0.29, 0.717) is 6.04 Å². The van der Waals surface area contributed by atoms with Gasteiger partial charge < -0.3 is 10.4 Å². The monoisotopic (exact) mass is 226 g/mol. The molecule has 0 bridgehead atoms. The minimum atomic E-state index is -4.17. The average Bonchev–Trinajstić information content (AvgIpc) is 2.83. The van der Waals surface area contributed by atoms with Gasteiger partial charge in [-0.05, 0) is 19.9 Å². The fourth-order valence-electron chi connectivity index (χ4n) is 1.49. The molecule has 0 spiro atoms. The second-order valence-corrected chi connectivity index (χ2v) is 4.13. The molecule has 15 heavy (non-hydrogen) atoms. The van der Waals surface area contributed by atoms with Crippen LogP contribution in [0.5, 0.6) is 0 Å². The van der Waals surface area contributed by atoms with Crippen molar-refractivity contribution in [2.45, 2.75) is 31.1 Å². The van der Waals surface area contributed by atoms with Crippen LogP contribution in [0.4, 0.5) is 13.2 Å². The lowest BCUT2D eigenvalue weighted by atomic mass is 10.3. The molecule has 0 heterocycles. The highest BCUT2D eigenvalue weighted by Gasteiger charge is 2.31. The number of hydrogen-bond acceptors (Lipinski definition) is 3. The van der Waals surface area contributed by atoms with E-state index in [1.165, 1.54) is 11.9 Å². The van der Waals surface area contributed by atoms with Gasteiger partial charge in [-0.15, -0.1) is 0 Å². The second kappa shape index (κ2) is 5.14. The summed E-state index contributed by atoms with van der Waals surface area (Å²) in [6, 6.07) is 0.131. The first-order valence-electron chi connectivity index (χ1n) is 5.03. The summed E-state index contributed by atoms with van der Waals surface area (Å²) in [6.07, 6.45) is -2.06. The summed E-state index contributed by atoms with van der Waals surface area (Å²) in [5.74, 6) is 0. The van der Waals surface area contributed by atoms with Gasteiger partial charge in [-0.3, -0.25) is 4.90 Å². The Labute approximate surface area is 87.3 Å². The average molecular weight is 226 g/mol. The summed E-state index contributed by atoms with van der Waals surface area (Å²) in [6.45, 7) is -0.846. The van der Waals surface area contributed by atoms with Crippen LogP contribution in [0, 0.1) is 0 Å². The molecule has 1 rings (SSSR count). The van der Waals surface area contributed by atoms with Crippen LogP contribution in [0.1, 0.15) is 12.8 Å². The van der Waals surface area contributed by atoms with Crippen LogP contribution in [0.3, 0.4) is 0 Å². The van der Waals surface area contributed by atoms with E-state index in [9.17, 15) is 13.2 Å². The van der Waals surface area contributed by atoms with Crippen LogP contribution < -0.4 is 5.32 Å². The van der Waals surface area contributed by atoms with Gasteiger partial charge in [-0.25, -0.2) is 0 Å². The molecule has 3 nitrogen and oxygen atoms in total. The normalized spacial score (nSPS) is 19.6. The lowest BCUT2D eigenvalue weighted by molar-refractivity contribution is -0.143. The van der Waals surface area contributed by atoms with E-state index in [-0.39, 0.29) is 19.2 Å². The number of nitrogens with one attached hydrogen (secondary N) is 1. The third-order valence-corrected chi connectivity index (χ3v) is 2.25. The van der Waals surface area contributed by atoms with Crippen molar-refractivity contribution < 1.29 is 18.3 Å². The standard InChI is InChI=1S/C9H17F3N2O/c1-14(6-9(10,11)12)4-8(5-15)13-7-2-3-7/h7-8,13,15H,2-6H2,1H3. The fourth-order valence-corrected chi connectivity index (χ4v) is 1.49. The molecule has 0 saturated heterocycles. The van der Waals surface area contributed by atoms with Gasteiger partial charge in [0.2, 0.25) is 0 Å². The number of alkyl halides is 3. The lowest BCUT2D eigenvalue weighted by Crippen LogP contribution is -2.45. The number of halogens is 3. The van der Waals surface area contributed by atoms with E-state index in [0.717, 1.165) is 12.8 Å². The van der Waals surface area contributed by atoms with Crippen LogP contribution in [0.25, 0.3) is 0 Å². The molecule has 0 aromatic heterocycles. The Morgan fingerprint density at radius 2 is 2.07 bits per heavy atom. The highest BCUT2D eigenvalue weighted by atomic mass is 19.4. The predicted molar refractivity (Wildman–Crippen MR) is 50.6 cm³/mol. The molecule has 0 radical (unpaired) electrons. The maximum Gasteiger partial charge on any atom is 0.401 e. The molecule has 1 unspecified atom stereocenters. The molecule has 1 aliphatic carbocycles. The number of likely N-dealkylation sites (N-methyl/N-ethyl adjacent to an activating group) is 1. The first kappa shape index (κ1) is 12.7. The van der Waals surface area contributed by atoms with Gasteiger partial charge in [0, 0.05) is 18.6 Å². The summed E-state index contributed by atoms with van der Waals surface area (Å²) >= 11 is 0. The fraction of sp³-hybridized carbons (Fsp3) is 1.00. The Morgan fingerprint density at radius 1 is 1.47 bits per heavy atom. The highest BCUT2D eigenvalue weighted by Crippen LogP contribution is 2.20. The van der Waals surface area contributed by atoms with Gasteiger partial charge in [0.25, 0.3) is 0 Å². The lowest BCUT2D eigenvalue weighted by Gasteiger charge is -2.24. The van der Waals surface area contributed by atoms with E-state index in [1.54, 1.807) is 0 Å². The minimum Gasteiger partial charge on any atom is -0.395 e. The molecule has 1 atom stereocenters. The van der Waals surface area contributed by atoms with Crippen molar-refractivity contribution in [3.8, 4) is 0 Å². The Balaban J connectivity index is 2.23. The number of hydrogen-bond donors (Lipinski definition) is 2. The van der Waals surface area contributed by atoms with E-state index in [1.807, 2.05) is 0 Å². The SMILES string of the molecule is CN(CC(CO)NC1CC1)CC(F)(F)F. The molecule has 90 valence electrons. The molecule has 2 N–H and O–H groups in total. The summed E-state index contributed by atoms with van der Waals surface area (Å²) in [7, 11) is 1.41. The Bertz CT molecular complexity index is 194. The molecular weight excluding hydrogens is 209 g/mol. The molecule has 0 aromatic rings. The summed E-state index contributed by atoms with van der Waals surface area (Å²) in [4.78, 5) is 1.18. The van der Waals surface area contributed by atoms with Crippen LogP contribution in [0.15, 0.2) is 0 Å². The van der Waals surface area contributed by atoms with Gasteiger partial charge in [0.1, 0.15) is 0 Å². The van der Waals surface area contributed by atoms with Crippen molar-refractivity contribution in [1.29, 1.82) is 0 Å². The molecule has 1 aliphatic rings. The molecule has 6 heteroatoms. The van der Waals surface area contributed by atoms with Gasteiger partial charge in [0.05, 0.1) is 13.2 Å². The third-order valence-electron chi connectivity index (χ3n) is 2.25. The number of rotatable bonds is 6. The predicted octanol–water partition coefficient (Wildman–Crippen LogP) is 0.593. The van der Waals surface area contributed by atoms with Gasteiger partial charge >= 0.3 is 6.18 Å². The zero-order chi connectivity index (χ0) is 11.5. The van der Waals surface area contributed by atoms with Crippen molar-refractivity contribution in [2.24, 2.45) is 0 Å². The van der Waals surface area contributed by atoms with Crippen LogP contribution >= 0.6 is 0 Å². The van der Waals surface area contributed by atoms with E-state index in [4.69, 9.17) is 5.11 Å². The van der Waals surface area contributed by atoms with Crippen LogP contribution in [-0.4, -0.2) is 55.0 Å². The van der Waals surface area contributed by atoms with Crippen LogP contribution in [0.2, 0.25) is 0 Å². The molecule has 1 saturated carbocycles. The van der Waals surface area contributed by atoms with Crippen molar-refractivity contribution in [1.82, 2.24) is 10.2 Å². The topological polar surface area (TPSA) is 35.5 Å². The molecule has 0 amide bonds. The van der Waals surface area contributed by atoms with Crippen LogP contribution in [-0.2, 0) is 0 Å². The van der Waals surface area contributed by atoms with Gasteiger partial charge in [-0.2, -0.15) is 13.2 Å². The van der Waals surface area contributed by atoms with Gasteiger partial charge in [0.15, 0.2) is 0 Å². The first-order valence-corrected chi connectivity index (χ1v) is 5.03. The third kappa shape index (κ3) is 5.96. The molecule has 0 aliphatic heterocycles. The zero-order valence-corrected chi connectivity index (χ0v) is 8.72. The Morgan fingerprint density at radius 3 is 2.47 bits per heavy atom. The van der Waals surface area contributed by atoms with Crippen molar-refractivity contribution >= 4 is 0 Å². The molecular formula is C9H17F3N2O. The quantitative estimate of drug-likeness (QED) is 0.696.